The lowest BCUT2D eigenvalue weighted by Crippen LogP contribution is -2.36. The number of rotatable bonds is 43. The zero-order valence-corrected chi connectivity index (χ0v) is 45.0. The molecule has 1 aliphatic heterocycles. The van der Waals surface area contributed by atoms with Crippen LogP contribution in [0.25, 0.3) is 0 Å². The average Bonchev–Trinajstić information content (AvgIpc) is 3.61. The topological polar surface area (TPSA) is 286 Å². The predicted molar refractivity (Wildman–Crippen MR) is 276 cm³/mol. The van der Waals surface area contributed by atoms with Crippen LogP contribution in [0.3, 0.4) is 0 Å². The number of nitrogens with two attached hydrogens (primary N) is 1. The number of carbonyl (C=O) groups excluding carboxylic acids is 2. The maximum atomic E-state index is 12.9. The summed E-state index contributed by atoms with van der Waals surface area (Å²) < 4.78 is 56.8. The SMILES string of the molecule is CC/C=C/C/C=C/C=C/C(O)CCCCCCCC(=O)O[C@H](COC(=O)CCCCCCCCCCCCCCCCC(C)CC)COP(=O)(O)OP(=O)(O)OC[C@H]1O[C@@H](n2ccc(N)nc2=O)[C@H](O)[C@@H]1O. The molecule has 0 radical (unpaired) electrons. The molecule has 0 bridgehead atoms. The van der Waals surface area contributed by atoms with E-state index in [2.05, 4.69) is 42.2 Å². The van der Waals surface area contributed by atoms with E-state index in [1.54, 1.807) is 6.08 Å². The molecule has 2 heterocycles. The van der Waals surface area contributed by atoms with Crippen molar-refractivity contribution in [2.75, 3.05) is 25.6 Å². The molecule has 414 valence electrons. The first-order chi connectivity index (χ1) is 34.5. The Morgan fingerprint density at radius 3 is 1.90 bits per heavy atom. The van der Waals surface area contributed by atoms with Gasteiger partial charge in [-0.05, 0) is 44.1 Å². The van der Waals surface area contributed by atoms with Crippen LogP contribution in [0.2, 0.25) is 0 Å². The highest BCUT2D eigenvalue weighted by Gasteiger charge is 2.46. The number of esters is 2. The van der Waals surface area contributed by atoms with E-state index < -0.39 is 89.8 Å². The summed E-state index contributed by atoms with van der Waals surface area (Å²) in [4.78, 5) is 62.0. The molecule has 9 atom stereocenters. The van der Waals surface area contributed by atoms with E-state index in [0.717, 1.165) is 74.5 Å². The van der Waals surface area contributed by atoms with Gasteiger partial charge in [0.2, 0.25) is 0 Å². The van der Waals surface area contributed by atoms with E-state index in [-0.39, 0.29) is 18.7 Å². The van der Waals surface area contributed by atoms with Crippen LogP contribution in [0.15, 0.2) is 53.5 Å². The Morgan fingerprint density at radius 1 is 0.764 bits per heavy atom. The van der Waals surface area contributed by atoms with Crippen molar-refractivity contribution in [1.82, 2.24) is 9.55 Å². The Bertz CT molecular complexity index is 1880. The van der Waals surface area contributed by atoms with Crippen LogP contribution in [-0.2, 0) is 46.3 Å². The summed E-state index contributed by atoms with van der Waals surface area (Å²) in [5.41, 5.74) is 4.58. The molecular weight excluding hydrogens is 973 g/mol. The van der Waals surface area contributed by atoms with Gasteiger partial charge in [0.1, 0.15) is 30.7 Å². The van der Waals surface area contributed by atoms with Crippen LogP contribution in [0.4, 0.5) is 5.82 Å². The van der Waals surface area contributed by atoms with Crippen molar-refractivity contribution in [1.29, 1.82) is 0 Å². The number of anilines is 1. The second-order valence-corrected chi connectivity index (χ2v) is 21.8. The number of unbranched alkanes of at least 4 members (excludes halogenated alkanes) is 17. The first-order valence-corrected chi connectivity index (χ1v) is 29.5. The Morgan fingerprint density at radius 2 is 1.32 bits per heavy atom. The van der Waals surface area contributed by atoms with Crippen molar-refractivity contribution < 1.29 is 71.4 Å². The zero-order chi connectivity index (χ0) is 53.0. The molecule has 21 heteroatoms. The fraction of sp³-hybridized carbons (Fsp3) is 0.765. The molecule has 0 amide bonds. The smallest absolute Gasteiger partial charge is 0.462 e. The monoisotopic (exact) mass is 1060 g/mol. The maximum Gasteiger partial charge on any atom is 0.481 e. The van der Waals surface area contributed by atoms with Gasteiger partial charge in [0.25, 0.3) is 0 Å². The number of nitrogen functional groups attached to an aromatic ring is 1. The summed E-state index contributed by atoms with van der Waals surface area (Å²) >= 11 is 0. The maximum absolute atomic E-state index is 12.9. The normalized spacial score (nSPS) is 20.2. The number of hydrogen-bond acceptors (Lipinski definition) is 16. The molecule has 7 N–H and O–H groups in total. The fourth-order valence-corrected chi connectivity index (χ4v) is 10.00. The molecule has 1 saturated heterocycles. The minimum absolute atomic E-state index is 0.0184. The van der Waals surface area contributed by atoms with Gasteiger partial charge in [0.15, 0.2) is 12.3 Å². The second kappa shape index (κ2) is 38.5. The Hall–Kier alpha value is -3.06. The summed E-state index contributed by atoms with van der Waals surface area (Å²) in [6, 6.07) is 1.24. The summed E-state index contributed by atoms with van der Waals surface area (Å²) in [6.07, 6.45) is 29.5. The van der Waals surface area contributed by atoms with Crippen LogP contribution in [0.1, 0.15) is 194 Å². The molecule has 1 aromatic heterocycles. The zero-order valence-electron chi connectivity index (χ0n) is 43.3. The van der Waals surface area contributed by atoms with Crippen LogP contribution < -0.4 is 11.4 Å². The number of allylic oxidation sites excluding steroid dienone is 5. The number of phosphoric acid groups is 2. The van der Waals surface area contributed by atoms with Gasteiger partial charge < -0.3 is 45.1 Å². The van der Waals surface area contributed by atoms with E-state index >= 15 is 0 Å². The van der Waals surface area contributed by atoms with Crippen LogP contribution in [0.5, 0.6) is 0 Å². The number of phosphoric ester groups is 2. The second-order valence-electron chi connectivity index (χ2n) is 18.8. The van der Waals surface area contributed by atoms with Gasteiger partial charge in [0, 0.05) is 19.0 Å². The molecule has 0 aliphatic carbocycles. The molecule has 1 aromatic rings. The Labute approximate surface area is 428 Å². The van der Waals surface area contributed by atoms with E-state index in [1.165, 1.54) is 76.7 Å². The first-order valence-electron chi connectivity index (χ1n) is 26.5. The molecule has 1 aliphatic rings. The fourth-order valence-electron chi connectivity index (χ4n) is 7.89. The first kappa shape index (κ1) is 65.1. The van der Waals surface area contributed by atoms with Gasteiger partial charge >= 0.3 is 33.3 Å². The largest absolute Gasteiger partial charge is 0.481 e. The minimum atomic E-state index is -5.44. The minimum Gasteiger partial charge on any atom is -0.462 e. The van der Waals surface area contributed by atoms with E-state index in [1.807, 2.05) is 18.2 Å². The van der Waals surface area contributed by atoms with E-state index in [4.69, 9.17) is 29.0 Å². The third kappa shape index (κ3) is 31.0. The van der Waals surface area contributed by atoms with Gasteiger partial charge in [-0.2, -0.15) is 9.29 Å². The van der Waals surface area contributed by atoms with Crippen molar-refractivity contribution >= 4 is 33.4 Å². The number of ether oxygens (including phenoxy) is 3. The molecule has 2 rings (SSSR count). The lowest BCUT2D eigenvalue weighted by molar-refractivity contribution is -0.161. The quantitative estimate of drug-likeness (QED) is 0.0117. The Kier molecular flexibility index (Phi) is 34.8. The van der Waals surface area contributed by atoms with Crippen molar-refractivity contribution in [3.05, 3.63) is 59.2 Å². The summed E-state index contributed by atoms with van der Waals surface area (Å²) in [5, 5.41) is 31.1. The molecular formula is C51H89N3O16P2. The Balaban J connectivity index is 1.80. The van der Waals surface area contributed by atoms with Gasteiger partial charge in [-0.25, -0.2) is 13.9 Å². The number of aliphatic hydroxyl groups is 3. The van der Waals surface area contributed by atoms with Crippen LogP contribution in [0, 0.1) is 5.92 Å². The number of aliphatic hydroxyl groups excluding tert-OH is 3. The summed E-state index contributed by atoms with van der Waals surface area (Å²) in [5.74, 6) is -0.529. The highest BCUT2D eigenvalue weighted by Crippen LogP contribution is 2.60. The predicted octanol–water partition coefficient (Wildman–Crippen LogP) is 10.00. The molecule has 19 nitrogen and oxygen atoms in total. The van der Waals surface area contributed by atoms with E-state index in [0.29, 0.717) is 25.7 Å². The number of hydrogen-bond donors (Lipinski definition) is 6. The van der Waals surface area contributed by atoms with Crippen LogP contribution >= 0.6 is 15.6 Å². The lowest BCUT2D eigenvalue weighted by Gasteiger charge is -2.21. The molecule has 0 saturated carbocycles. The van der Waals surface area contributed by atoms with Gasteiger partial charge in [-0.15, -0.1) is 0 Å². The van der Waals surface area contributed by atoms with Crippen molar-refractivity contribution in [3.8, 4) is 0 Å². The third-order valence-corrected chi connectivity index (χ3v) is 15.0. The summed E-state index contributed by atoms with van der Waals surface area (Å²) in [7, 11) is -10.9. The van der Waals surface area contributed by atoms with E-state index in [9.17, 15) is 48.6 Å². The molecule has 1 fully saturated rings. The lowest BCUT2D eigenvalue weighted by atomic mass is 9.99. The van der Waals surface area contributed by atoms with Crippen LogP contribution in [-0.4, -0.2) is 96.9 Å². The summed E-state index contributed by atoms with van der Waals surface area (Å²) in [6.45, 7) is 4.30. The van der Waals surface area contributed by atoms with Crippen molar-refractivity contribution in [2.45, 2.75) is 224 Å². The van der Waals surface area contributed by atoms with Crippen molar-refractivity contribution in [2.24, 2.45) is 5.92 Å². The molecule has 0 aromatic carbocycles. The van der Waals surface area contributed by atoms with Crippen molar-refractivity contribution in [3.63, 3.8) is 0 Å². The number of aromatic nitrogens is 2. The highest BCUT2D eigenvalue weighted by atomic mass is 31.3. The van der Waals surface area contributed by atoms with Gasteiger partial charge in [0.05, 0.1) is 19.3 Å². The highest BCUT2D eigenvalue weighted by molar-refractivity contribution is 7.61. The van der Waals surface area contributed by atoms with Gasteiger partial charge in [-0.3, -0.25) is 23.2 Å². The van der Waals surface area contributed by atoms with Gasteiger partial charge in [-0.1, -0.05) is 179 Å². The number of nitrogens with zero attached hydrogens (tertiary/aromatic N) is 2. The molecule has 0 spiro atoms. The molecule has 4 unspecified atom stereocenters. The number of carbonyl (C=O) groups is 2. The standard InChI is InChI=1S/C51H89N3O16P2/c1-4-6-7-8-17-22-27-32-42(55)33-28-23-20-25-30-35-47(57)68-43(38-65-46(56)34-29-24-19-16-14-12-10-9-11-13-15-18-21-26-31-41(3)5-2)39-66-71(61,62)70-72(63,64)67-40-44-48(58)49(59)50(69-44)54-37-36-45(52)53-51(54)60/h6-7,17,22,27,32,36-37,41-44,48-50,55,58-59H,4-5,8-16,18-21,23-26,28-31,33-35,38-40H2,1-3H3,(H,61,62)(H,63,64)(H2,52,53,60)/b7-6+,22-17+,32-27+/t41?,42?,43-,44-,48-,49-,50-/m1/s1. The average molecular weight is 1060 g/mol. The third-order valence-electron chi connectivity index (χ3n) is 12.4. The molecule has 72 heavy (non-hydrogen) atoms.